The Labute approximate surface area is 357 Å². The zero-order valence-corrected chi connectivity index (χ0v) is 35.9. The molecule has 7 rings (SSSR count). The second-order valence-corrected chi connectivity index (χ2v) is 19.9. The predicted molar refractivity (Wildman–Crippen MR) is 220 cm³/mol. The Morgan fingerprint density at radius 1 is 1.07 bits per heavy atom. The number of hydrogen-bond donors (Lipinski definition) is 1. The minimum Gasteiger partial charge on any atom is -0.495 e. The number of hydrogen-bond acceptors (Lipinski definition) is 10. The molecule has 2 saturated heterocycles. The van der Waals surface area contributed by atoms with Gasteiger partial charge in [-0.15, -0.1) is 6.58 Å². The molecule has 2 aliphatic heterocycles. The first-order valence-corrected chi connectivity index (χ1v) is 22.2. The molecule has 328 valence electrons. The first-order chi connectivity index (χ1) is 28.7. The lowest BCUT2D eigenvalue weighted by molar-refractivity contribution is -0.183. The standard InChI is InChI=1S/C43H49ClF3N5O8S/c1-6-24-21-42(24,40(56)50-61(57,58)26-12-13-26)22-32(53)31-18-25(23-52(31)39(55)28(41(2,3)4)19-36(54)51-17-9-11-35(51)43(45,46)47)60-34-20-30(29-10-7-8-16-48-29)49-38-27(34)14-15-33(59-5)37(38)44/h6-8,10,14-16,20,24-26,28,31,35H,1,9,11-13,17-19,21-23H2,2-5H3,(H,50,56)/t24-,25-,28-,31+,35?,42-/m1/s1. The molecule has 1 aromatic carbocycles. The van der Waals surface area contributed by atoms with Crippen LogP contribution >= 0.6 is 11.6 Å². The summed E-state index contributed by atoms with van der Waals surface area (Å²) in [5.74, 6) is -3.84. The number of Topliss-reactive ketones (excluding diaryl/α,β-unsaturated/α-hetero) is 1. The maximum atomic E-state index is 14.9. The maximum Gasteiger partial charge on any atom is 0.408 e. The van der Waals surface area contributed by atoms with Crippen LogP contribution in [0, 0.1) is 22.7 Å². The van der Waals surface area contributed by atoms with E-state index in [1.807, 2.05) is 0 Å². The Hall–Kier alpha value is -4.77. The number of amides is 3. The highest BCUT2D eigenvalue weighted by Gasteiger charge is 2.61. The maximum absolute atomic E-state index is 14.9. The Morgan fingerprint density at radius 3 is 2.41 bits per heavy atom. The molecule has 2 aromatic heterocycles. The van der Waals surface area contributed by atoms with E-state index in [4.69, 9.17) is 26.1 Å². The number of methoxy groups -OCH3 is 1. The fraction of sp³-hybridized carbons (Fsp3) is 0.535. The average Bonchev–Trinajstić information content (AvgIpc) is 4.08. The van der Waals surface area contributed by atoms with E-state index in [1.54, 1.807) is 63.4 Å². The lowest BCUT2D eigenvalue weighted by atomic mass is 9.77. The van der Waals surface area contributed by atoms with Crippen LogP contribution in [0.25, 0.3) is 22.3 Å². The lowest BCUT2D eigenvalue weighted by Crippen LogP contribution is -2.50. The number of nitrogens with zero attached hydrogens (tertiary/aromatic N) is 4. The Morgan fingerprint density at radius 2 is 1.80 bits per heavy atom. The van der Waals surface area contributed by atoms with Crippen LogP contribution in [-0.2, 0) is 29.2 Å². The Kier molecular flexibility index (Phi) is 12.0. The van der Waals surface area contributed by atoms with Gasteiger partial charge in [-0.3, -0.25) is 28.9 Å². The highest BCUT2D eigenvalue weighted by atomic mass is 35.5. The van der Waals surface area contributed by atoms with E-state index < -0.39 is 98.6 Å². The van der Waals surface area contributed by atoms with Crippen molar-refractivity contribution in [3.05, 3.63) is 60.3 Å². The molecule has 4 aliphatic rings. The summed E-state index contributed by atoms with van der Waals surface area (Å²) in [4.78, 5) is 68.2. The topological polar surface area (TPSA) is 165 Å². The molecule has 6 atom stereocenters. The summed E-state index contributed by atoms with van der Waals surface area (Å²) in [7, 11) is -2.49. The first kappa shape index (κ1) is 44.3. The van der Waals surface area contributed by atoms with Gasteiger partial charge in [0.05, 0.1) is 53.2 Å². The van der Waals surface area contributed by atoms with Gasteiger partial charge in [-0.25, -0.2) is 13.4 Å². The van der Waals surface area contributed by atoms with Gasteiger partial charge in [0.2, 0.25) is 27.7 Å². The van der Waals surface area contributed by atoms with E-state index >= 15 is 0 Å². The van der Waals surface area contributed by atoms with Crippen molar-refractivity contribution in [2.45, 2.75) is 102 Å². The van der Waals surface area contributed by atoms with Gasteiger partial charge >= 0.3 is 6.18 Å². The van der Waals surface area contributed by atoms with E-state index in [0.29, 0.717) is 46.6 Å². The van der Waals surface area contributed by atoms with Gasteiger partial charge in [0.15, 0.2) is 5.78 Å². The molecular weight excluding hydrogens is 839 g/mol. The molecule has 13 nitrogen and oxygen atoms in total. The minimum absolute atomic E-state index is 0.0683. The number of carbonyl (C=O) groups excluding carboxylic acids is 4. The zero-order chi connectivity index (χ0) is 44.2. The van der Waals surface area contributed by atoms with Crippen LogP contribution in [0.4, 0.5) is 13.2 Å². The second kappa shape index (κ2) is 16.5. The summed E-state index contributed by atoms with van der Waals surface area (Å²) < 4.78 is 81.8. The largest absolute Gasteiger partial charge is 0.495 e. The average molecular weight is 888 g/mol. The number of likely N-dealkylation sites (tertiary alicyclic amines) is 2. The predicted octanol–water partition coefficient (Wildman–Crippen LogP) is 6.67. The van der Waals surface area contributed by atoms with Crippen LogP contribution in [0.15, 0.2) is 55.3 Å². The summed E-state index contributed by atoms with van der Waals surface area (Å²) >= 11 is 6.76. The van der Waals surface area contributed by atoms with Crippen molar-refractivity contribution < 1.29 is 50.2 Å². The molecule has 2 saturated carbocycles. The molecule has 2 aliphatic carbocycles. The van der Waals surface area contributed by atoms with Crippen molar-refractivity contribution in [3.8, 4) is 22.9 Å². The quantitative estimate of drug-likeness (QED) is 0.173. The highest BCUT2D eigenvalue weighted by Crippen LogP contribution is 2.57. The number of rotatable bonds is 14. The van der Waals surface area contributed by atoms with Crippen LogP contribution in [-0.4, -0.2) is 102 Å². The van der Waals surface area contributed by atoms with Gasteiger partial charge in [0, 0.05) is 43.5 Å². The van der Waals surface area contributed by atoms with Crippen LogP contribution in [0.2, 0.25) is 5.02 Å². The number of fused-ring (bicyclic) bond motifs is 1. The molecule has 0 radical (unpaired) electrons. The Bertz CT molecular complexity index is 2360. The number of ketones is 1. The summed E-state index contributed by atoms with van der Waals surface area (Å²) in [6.45, 7) is 8.63. The molecule has 3 aromatic rings. The number of pyridine rings is 2. The third kappa shape index (κ3) is 8.95. The highest BCUT2D eigenvalue weighted by molar-refractivity contribution is 7.90. The van der Waals surface area contributed by atoms with Crippen molar-refractivity contribution in [3.63, 3.8) is 0 Å². The normalized spacial score (nSPS) is 24.7. The summed E-state index contributed by atoms with van der Waals surface area (Å²) in [5.41, 5.74) is -1.14. The molecule has 4 fully saturated rings. The van der Waals surface area contributed by atoms with E-state index in [2.05, 4.69) is 16.3 Å². The smallest absolute Gasteiger partial charge is 0.408 e. The second-order valence-electron chi connectivity index (χ2n) is 17.6. The van der Waals surface area contributed by atoms with E-state index in [1.165, 1.54) is 18.1 Å². The zero-order valence-electron chi connectivity index (χ0n) is 34.3. The number of halogens is 4. The number of nitrogens with one attached hydrogen (secondary N) is 1. The fourth-order valence-corrected chi connectivity index (χ4v) is 10.4. The van der Waals surface area contributed by atoms with Gasteiger partial charge in [-0.2, -0.15) is 13.2 Å². The minimum atomic E-state index is -4.64. The van der Waals surface area contributed by atoms with Gasteiger partial charge in [0.25, 0.3) is 0 Å². The van der Waals surface area contributed by atoms with Crippen molar-refractivity contribution >= 4 is 56.0 Å². The summed E-state index contributed by atoms with van der Waals surface area (Å²) in [6, 6.07) is 7.12. The summed E-state index contributed by atoms with van der Waals surface area (Å²) in [5, 5.41) is 0.00435. The van der Waals surface area contributed by atoms with Gasteiger partial charge < -0.3 is 19.3 Å². The van der Waals surface area contributed by atoms with E-state index in [0.717, 1.165) is 4.90 Å². The third-order valence-electron chi connectivity index (χ3n) is 12.4. The lowest BCUT2D eigenvalue weighted by Gasteiger charge is -2.36. The third-order valence-corrected chi connectivity index (χ3v) is 14.6. The molecule has 3 amide bonds. The van der Waals surface area contributed by atoms with Crippen molar-refractivity contribution in [1.29, 1.82) is 0 Å². The van der Waals surface area contributed by atoms with Crippen LogP contribution in [0.1, 0.15) is 72.1 Å². The molecule has 1 N–H and O–H groups in total. The molecular formula is C43H49ClF3N5O8S. The molecule has 1 unspecified atom stereocenters. The number of aromatic nitrogens is 2. The molecule has 0 spiro atoms. The SMILES string of the molecule is C=C[C@@H]1C[C@]1(CC(=O)[C@@H]1C[C@@H](Oc2cc(-c3ccccn3)nc3c(Cl)c(OC)ccc23)CN1C(=O)[C@@H](CC(=O)N1CCCC1C(F)(F)F)C(C)(C)C)C(=O)NS(=O)(=O)C1CC1. The van der Waals surface area contributed by atoms with Crippen molar-refractivity contribution in [2.75, 3.05) is 20.2 Å². The van der Waals surface area contributed by atoms with Gasteiger partial charge in [0.1, 0.15) is 28.7 Å². The number of ether oxygens (including phenoxy) is 2. The van der Waals surface area contributed by atoms with Crippen molar-refractivity contribution in [1.82, 2.24) is 24.5 Å². The molecule has 18 heteroatoms. The molecule has 4 heterocycles. The van der Waals surface area contributed by atoms with Crippen LogP contribution in [0.5, 0.6) is 11.5 Å². The number of alkyl halides is 3. The van der Waals surface area contributed by atoms with Gasteiger partial charge in [-0.05, 0) is 67.7 Å². The van der Waals surface area contributed by atoms with E-state index in [-0.39, 0.29) is 43.8 Å². The fourth-order valence-electron chi connectivity index (χ4n) is 8.69. The molecule has 61 heavy (non-hydrogen) atoms. The number of sulfonamides is 1. The first-order valence-electron chi connectivity index (χ1n) is 20.3. The number of allylic oxidation sites excluding steroid dienone is 1. The molecule has 0 bridgehead atoms. The summed E-state index contributed by atoms with van der Waals surface area (Å²) in [6.07, 6.45) is -2.50. The number of carbonyl (C=O) groups is 4. The Balaban J connectivity index is 1.23. The van der Waals surface area contributed by atoms with Crippen LogP contribution < -0.4 is 14.2 Å². The van der Waals surface area contributed by atoms with Crippen LogP contribution in [0.3, 0.4) is 0 Å². The monoisotopic (exact) mass is 887 g/mol. The van der Waals surface area contributed by atoms with Gasteiger partial charge in [-0.1, -0.05) is 44.5 Å². The number of benzene rings is 1. The van der Waals surface area contributed by atoms with Crippen molar-refractivity contribution in [2.24, 2.45) is 22.7 Å². The van der Waals surface area contributed by atoms with E-state index in [9.17, 15) is 40.8 Å².